The first-order valence-electron chi connectivity index (χ1n) is 7.98. The molecule has 1 atom stereocenters. The molecule has 25 heavy (non-hydrogen) atoms. The lowest BCUT2D eigenvalue weighted by Crippen LogP contribution is -2.77. The molecule has 2 aromatic rings. The van der Waals surface area contributed by atoms with Gasteiger partial charge in [0.15, 0.2) is 0 Å². The van der Waals surface area contributed by atoms with Gasteiger partial charge in [-0.25, -0.2) is 14.4 Å². The number of nitrogens with one attached hydrogen (secondary N) is 1. The molecular formula is C18H20FN4O2+. The molecule has 0 aromatic heterocycles. The Kier molecular flexibility index (Phi) is 4.39. The highest BCUT2D eigenvalue weighted by molar-refractivity contribution is 5.92. The van der Waals surface area contributed by atoms with E-state index in [1.54, 1.807) is 18.2 Å². The highest BCUT2D eigenvalue weighted by Crippen LogP contribution is 2.30. The molecule has 1 aliphatic rings. The average Bonchev–Trinajstić information content (AvgIpc) is 2.95. The Morgan fingerprint density at radius 1 is 1.44 bits per heavy atom. The highest BCUT2D eigenvalue weighted by Gasteiger charge is 2.23. The van der Waals surface area contributed by atoms with Crippen molar-refractivity contribution in [3.8, 4) is 11.5 Å². The highest BCUT2D eigenvalue weighted by atomic mass is 19.1. The standard InChI is InChI=1S/C18H19FN4O2/c1-9(2)8-25-15-5-3-4-10(16(15)24)18-22-13-6-11(17(20)21)12(19)7-14(13)23-18/h3-7,9,18,24H,8H2,1-2H3,(H3,20,21)/p+1. The normalized spacial score (nSPS) is 15.4. The molecule has 0 bridgehead atoms. The maximum absolute atomic E-state index is 14.0. The van der Waals surface area contributed by atoms with Gasteiger partial charge in [-0.3, -0.25) is 11.1 Å². The van der Waals surface area contributed by atoms with Gasteiger partial charge in [-0.1, -0.05) is 31.7 Å². The molecule has 1 aliphatic heterocycles. The van der Waals surface area contributed by atoms with Gasteiger partial charge in [0.05, 0.1) is 6.61 Å². The third-order valence-electron chi connectivity index (χ3n) is 3.83. The quantitative estimate of drug-likeness (QED) is 0.410. The van der Waals surface area contributed by atoms with Crippen molar-refractivity contribution >= 4 is 5.84 Å². The van der Waals surface area contributed by atoms with E-state index in [0.29, 0.717) is 28.8 Å². The van der Waals surface area contributed by atoms with Crippen molar-refractivity contribution in [1.29, 1.82) is 0 Å². The molecule has 130 valence electrons. The SMILES string of the molecule is CC(C)COc1cccc(C2N=c3cc(F)c(C(N)=[NH2+])cc3=[NH+]2)c1[O-]. The van der Waals surface area contributed by atoms with Crippen LogP contribution in [0.1, 0.15) is 31.1 Å². The summed E-state index contributed by atoms with van der Waals surface area (Å²) in [5, 5.41) is 19.1. The molecule has 0 spiro atoms. The maximum Gasteiger partial charge on any atom is 0.273 e. The number of hydrogen-bond acceptors (Lipinski definition) is 3. The largest absolute Gasteiger partial charge is 0.870 e. The summed E-state index contributed by atoms with van der Waals surface area (Å²) in [5.41, 5.74) is 6.03. The first-order chi connectivity index (χ1) is 11.9. The number of rotatable bonds is 5. The zero-order valence-electron chi connectivity index (χ0n) is 14.0. The minimum atomic E-state index is -0.612. The van der Waals surface area contributed by atoms with Crippen molar-refractivity contribution in [2.75, 3.05) is 6.61 Å². The summed E-state index contributed by atoms with van der Waals surface area (Å²) in [6.45, 7) is 4.46. The van der Waals surface area contributed by atoms with Crippen LogP contribution in [-0.2, 0) is 0 Å². The van der Waals surface area contributed by atoms with E-state index in [4.69, 9.17) is 15.9 Å². The molecule has 0 aliphatic carbocycles. The molecular weight excluding hydrogens is 323 g/mol. The topological polar surface area (TPSA) is 110 Å². The van der Waals surface area contributed by atoms with Crippen molar-refractivity contribution in [2.45, 2.75) is 20.0 Å². The fourth-order valence-corrected chi connectivity index (χ4v) is 2.59. The van der Waals surface area contributed by atoms with Gasteiger partial charge in [-0.05, 0) is 12.0 Å². The van der Waals surface area contributed by atoms with Gasteiger partial charge in [0.25, 0.3) is 12.0 Å². The first-order valence-corrected chi connectivity index (χ1v) is 7.98. The number of amidine groups is 1. The van der Waals surface area contributed by atoms with E-state index in [9.17, 15) is 9.50 Å². The number of hydrogen-bond donors (Lipinski definition) is 3. The lowest BCUT2D eigenvalue weighted by atomic mass is 10.1. The van der Waals surface area contributed by atoms with Gasteiger partial charge in [0, 0.05) is 17.7 Å². The molecule has 2 aromatic carbocycles. The van der Waals surface area contributed by atoms with Crippen LogP contribution in [0.4, 0.5) is 4.39 Å². The summed E-state index contributed by atoms with van der Waals surface area (Å²) in [6, 6.07) is 7.80. The van der Waals surface area contributed by atoms with Crippen LogP contribution in [0.25, 0.3) is 0 Å². The monoisotopic (exact) mass is 343 g/mol. The summed E-state index contributed by atoms with van der Waals surface area (Å²) in [4.78, 5) is 7.48. The number of ether oxygens (including phenoxy) is 1. The Hall–Kier alpha value is -2.96. The fraction of sp³-hybridized carbons (Fsp3) is 0.278. The van der Waals surface area contributed by atoms with E-state index in [2.05, 4.69) is 9.98 Å². The van der Waals surface area contributed by atoms with Crippen LogP contribution in [0.3, 0.4) is 0 Å². The summed E-state index contributed by atoms with van der Waals surface area (Å²) >= 11 is 0. The average molecular weight is 343 g/mol. The fourth-order valence-electron chi connectivity index (χ4n) is 2.59. The number of nitrogens with zero attached hydrogens (tertiary/aromatic N) is 1. The second kappa shape index (κ2) is 6.51. The van der Waals surface area contributed by atoms with Crippen LogP contribution in [0.2, 0.25) is 0 Å². The molecule has 3 rings (SSSR count). The zero-order chi connectivity index (χ0) is 18.1. The summed E-state index contributed by atoms with van der Waals surface area (Å²) < 4.78 is 19.6. The Labute approximate surface area is 144 Å². The lowest BCUT2D eigenvalue weighted by molar-refractivity contribution is -0.542. The zero-order valence-corrected chi connectivity index (χ0v) is 14.0. The van der Waals surface area contributed by atoms with E-state index < -0.39 is 12.0 Å². The van der Waals surface area contributed by atoms with Crippen LogP contribution in [-0.4, -0.2) is 12.4 Å². The number of nitrogens with two attached hydrogens (primary N) is 2. The van der Waals surface area contributed by atoms with Crippen molar-refractivity contribution in [1.82, 2.24) is 0 Å². The van der Waals surface area contributed by atoms with Crippen molar-refractivity contribution in [3.05, 3.63) is 58.0 Å². The number of benzene rings is 2. The Balaban J connectivity index is 1.99. The van der Waals surface area contributed by atoms with E-state index >= 15 is 0 Å². The van der Waals surface area contributed by atoms with Crippen LogP contribution in [0.5, 0.6) is 11.5 Å². The van der Waals surface area contributed by atoms with E-state index in [-0.39, 0.29) is 22.9 Å². The molecule has 0 radical (unpaired) electrons. The second-order valence-electron chi connectivity index (χ2n) is 6.36. The van der Waals surface area contributed by atoms with Crippen molar-refractivity contribution < 1.29 is 24.6 Å². The van der Waals surface area contributed by atoms with Crippen molar-refractivity contribution in [2.24, 2.45) is 16.6 Å². The molecule has 0 fully saturated rings. The van der Waals surface area contributed by atoms with Gasteiger partial charge in [-0.2, -0.15) is 0 Å². The van der Waals surface area contributed by atoms with Crippen molar-refractivity contribution in [3.63, 3.8) is 0 Å². The molecule has 6 nitrogen and oxygen atoms in total. The molecule has 1 unspecified atom stereocenters. The third kappa shape index (κ3) is 3.31. The van der Waals surface area contributed by atoms with E-state index in [1.165, 1.54) is 12.1 Å². The smallest absolute Gasteiger partial charge is 0.273 e. The molecule has 7 heteroatoms. The number of fused-ring (bicyclic) bond motifs is 1. The van der Waals surface area contributed by atoms with Crippen LogP contribution in [0, 0.1) is 11.7 Å². The molecule has 0 saturated heterocycles. The molecule has 1 heterocycles. The maximum atomic E-state index is 14.0. The number of halogens is 1. The van der Waals surface area contributed by atoms with E-state index in [1.807, 2.05) is 13.8 Å². The Morgan fingerprint density at radius 3 is 2.88 bits per heavy atom. The van der Waals surface area contributed by atoms with Crippen LogP contribution >= 0.6 is 0 Å². The lowest BCUT2D eigenvalue weighted by Gasteiger charge is -2.19. The predicted octanol–water partition coefficient (Wildman–Crippen LogP) is -2.57. The summed E-state index contributed by atoms with van der Waals surface area (Å²) in [5.74, 6) is -0.310. The Morgan fingerprint density at radius 2 is 2.20 bits per heavy atom. The second-order valence-corrected chi connectivity index (χ2v) is 6.36. The van der Waals surface area contributed by atoms with Gasteiger partial charge in [0.1, 0.15) is 22.5 Å². The molecule has 5 N–H and O–H groups in total. The predicted molar refractivity (Wildman–Crippen MR) is 86.4 cm³/mol. The first kappa shape index (κ1) is 16.9. The van der Waals surface area contributed by atoms with Gasteiger partial charge >= 0.3 is 0 Å². The summed E-state index contributed by atoms with van der Waals surface area (Å²) in [7, 11) is 0. The number of para-hydroxylation sites is 1. The summed E-state index contributed by atoms with van der Waals surface area (Å²) in [6.07, 6.45) is -0.612. The minimum Gasteiger partial charge on any atom is -0.870 e. The third-order valence-corrected chi connectivity index (χ3v) is 3.83. The Bertz CT molecular complexity index is 956. The van der Waals surface area contributed by atoms with Gasteiger partial charge in [0.2, 0.25) is 5.36 Å². The van der Waals surface area contributed by atoms with Crippen LogP contribution in [0.15, 0.2) is 35.3 Å². The van der Waals surface area contributed by atoms with Gasteiger partial charge in [-0.15, -0.1) is 0 Å². The van der Waals surface area contributed by atoms with Gasteiger partial charge < -0.3 is 9.84 Å². The molecule has 0 saturated carbocycles. The molecule has 0 amide bonds. The van der Waals surface area contributed by atoms with Crippen LogP contribution < -0.4 is 36.7 Å². The van der Waals surface area contributed by atoms with E-state index in [0.717, 1.165) is 0 Å². The minimum absolute atomic E-state index is 0.110.